The average molecular weight is 521 g/mol. The van der Waals surface area contributed by atoms with Crippen molar-refractivity contribution in [3.63, 3.8) is 0 Å². The van der Waals surface area contributed by atoms with Crippen molar-refractivity contribution in [2.24, 2.45) is 0 Å². The van der Waals surface area contributed by atoms with Crippen LogP contribution in [0.3, 0.4) is 0 Å². The Labute approximate surface area is 198 Å². The largest absolute Gasteiger partial charge is 0.466 e. The summed E-state index contributed by atoms with van der Waals surface area (Å²) in [6, 6.07) is 2.06. The van der Waals surface area contributed by atoms with Crippen molar-refractivity contribution in [1.29, 1.82) is 0 Å². The molecule has 0 aliphatic carbocycles. The lowest BCUT2D eigenvalue weighted by Crippen LogP contribution is -2.60. The van der Waals surface area contributed by atoms with Crippen molar-refractivity contribution in [3.05, 3.63) is 57.3 Å². The van der Waals surface area contributed by atoms with Gasteiger partial charge in [-0.2, -0.15) is 26.3 Å². The molecule has 0 radical (unpaired) electrons. The van der Waals surface area contributed by atoms with Crippen LogP contribution in [0.25, 0.3) is 21.7 Å². The highest BCUT2D eigenvalue weighted by atomic mass is 35.5. The number of aliphatic hydroxyl groups excluding tert-OH is 2. The first kappa shape index (κ1) is 24.9. The SMILES string of the molecule is [C-]#[N+]c1nn2c(c1-c1cc(C)oc1C)NC(C(O)CO)(C(F)(F)F)c1cc(C(F)(F)F)cc(Cl)c1-2. The molecule has 0 spiro atoms. The van der Waals surface area contributed by atoms with Gasteiger partial charge in [0.05, 0.1) is 22.8 Å². The first-order valence-corrected chi connectivity index (χ1v) is 10.2. The lowest BCUT2D eigenvalue weighted by molar-refractivity contribution is -0.214. The molecule has 1 aliphatic rings. The molecule has 0 amide bonds. The summed E-state index contributed by atoms with van der Waals surface area (Å²) in [4.78, 5) is 3.26. The Bertz CT molecular complexity index is 1370. The van der Waals surface area contributed by atoms with Crippen molar-refractivity contribution in [2.75, 3.05) is 11.9 Å². The maximum Gasteiger partial charge on any atom is 0.418 e. The normalized spacial score (nSPS) is 18.5. The molecule has 0 bridgehead atoms. The lowest BCUT2D eigenvalue weighted by Gasteiger charge is -2.44. The number of furan rings is 1. The van der Waals surface area contributed by atoms with Crippen molar-refractivity contribution >= 4 is 23.2 Å². The van der Waals surface area contributed by atoms with Gasteiger partial charge in [-0.25, -0.2) is 0 Å². The molecule has 2 unspecified atom stereocenters. The Kier molecular flexibility index (Phi) is 5.62. The molecule has 3 N–H and O–H groups in total. The molecule has 2 aromatic heterocycles. The zero-order chi connectivity index (χ0) is 26.1. The highest BCUT2D eigenvalue weighted by molar-refractivity contribution is 6.32. The van der Waals surface area contributed by atoms with Gasteiger partial charge < -0.3 is 24.8 Å². The van der Waals surface area contributed by atoms with Crippen LogP contribution < -0.4 is 5.32 Å². The van der Waals surface area contributed by atoms with E-state index in [-0.39, 0.29) is 23.0 Å². The summed E-state index contributed by atoms with van der Waals surface area (Å²) in [6.07, 6.45) is -13.2. The lowest BCUT2D eigenvalue weighted by atomic mass is 9.80. The molecule has 0 fully saturated rings. The zero-order valence-corrected chi connectivity index (χ0v) is 18.6. The number of halogens is 7. The van der Waals surface area contributed by atoms with Crippen LogP contribution in [0, 0.1) is 20.4 Å². The molecule has 14 heteroatoms. The van der Waals surface area contributed by atoms with Gasteiger partial charge in [-0.1, -0.05) is 18.2 Å². The number of nitrogens with zero attached hydrogens (tertiary/aromatic N) is 3. The molecule has 35 heavy (non-hydrogen) atoms. The molecule has 7 nitrogen and oxygen atoms in total. The number of rotatable bonds is 3. The fraction of sp³-hybridized carbons (Fsp3) is 0.333. The van der Waals surface area contributed by atoms with Gasteiger partial charge in [-0.3, -0.25) is 0 Å². The Morgan fingerprint density at radius 3 is 2.37 bits per heavy atom. The van der Waals surface area contributed by atoms with Crippen LogP contribution >= 0.6 is 11.6 Å². The molecule has 4 rings (SSSR count). The quantitative estimate of drug-likeness (QED) is 0.313. The second-order valence-corrected chi connectivity index (χ2v) is 8.29. The van der Waals surface area contributed by atoms with Gasteiger partial charge in [0, 0.05) is 11.1 Å². The fourth-order valence-electron chi connectivity index (χ4n) is 4.23. The molecule has 3 heterocycles. The van der Waals surface area contributed by atoms with Crippen molar-refractivity contribution in [3.8, 4) is 16.8 Å². The molecule has 1 aliphatic heterocycles. The minimum atomic E-state index is -5.45. The van der Waals surface area contributed by atoms with Crippen LogP contribution in [0.15, 0.2) is 22.6 Å². The number of alkyl halides is 6. The Balaban J connectivity index is 2.20. The summed E-state index contributed by atoms with van der Waals surface area (Å²) in [6.45, 7) is 9.08. The summed E-state index contributed by atoms with van der Waals surface area (Å²) in [5.41, 5.74) is -6.85. The second-order valence-electron chi connectivity index (χ2n) is 7.88. The first-order valence-electron chi connectivity index (χ1n) is 9.80. The average Bonchev–Trinajstić information content (AvgIpc) is 3.28. The second kappa shape index (κ2) is 7.91. The van der Waals surface area contributed by atoms with Gasteiger partial charge >= 0.3 is 18.2 Å². The summed E-state index contributed by atoms with van der Waals surface area (Å²) in [7, 11) is 0. The molecular weight excluding hydrogens is 506 g/mol. The third-order valence-corrected chi connectivity index (χ3v) is 6.03. The van der Waals surface area contributed by atoms with Crippen molar-refractivity contribution in [2.45, 2.75) is 37.8 Å². The third kappa shape index (κ3) is 3.55. The number of nitrogens with one attached hydrogen (secondary N) is 1. The Morgan fingerprint density at radius 1 is 1.23 bits per heavy atom. The molecule has 0 saturated carbocycles. The van der Waals surface area contributed by atoms with E-state index in [0.29, 0.717) is 11.8 Å². The van der Waals surface area contributed by atoms with Gasteiger partial charge in [-0.05, 0) is 37.1 Å². The summed E-state index contributed by atoms with van der Waals surface area (Å²) in [5.74, 6) is -0.266. The maximum absolute atomic E-state index is 14.7. The predicted octanol–water partition coefficient (Wildman–Crippen LogP) is 5.51. The van der Waals surface area contributed by atoms with Crippen LogP contribution in [-0.4, -0.2) is 38.9 Å². The number of aliphatic hydroxyl groups is 2. The minimum Gasteiger partial charge on any atom is -0.466 e. The summed E-state index contributed by atoms with van der Waals surface area (Å²) < 4.78 is 90.9. The number of aryl methyl sites for hydroxylation is 2. The molecule has 3 aromatic rings. The first-order chi connectivity index (χ1) is 16.2. The number of hydrogen-bond acceptors (Lipinski definition) is 5. The van der Waals surface area contributed by atoms with E-state index in [4.69, 9.17) is 22.6 Å². The summed E-state index contributed by atoms with van der Waals surface area (Å²) >= 11 is 6.10. The molecule has 0 saturated heterocycles. The molecular formula is C21H15ClF6N4O3. The fourth-order valence-corrected chi connectivity index (χ4v) is 4.53. The topological polar surface area (TPSA) is 87.8 Å². The van der Waals surface area contributed by atoms with Crippen LogP contribution in [0.5, 0.6) is 0 Å². The van der Waals surface area contributed by atoms with E-state index < -0.39 is 64.1 Å². The van der Waals surface area contributed by atoms with E-state index in [1.165, 1.54) is 13.0 Å². The number of hydrogen-bond donors (Lipinski definition) is 3. The number of anilines is 1. The Morgan fingerprint density at radius 2 is 1.89 bits per heavy atom. The standard InChI is InChI=1S/C21H15ClF6N4O3/c1-8-4-11(9(2)35-8)15-17(29-3)31-32-16-12(5-10(6-13(16)22)20(23,24)25)19(14(34)7-33,21(26,27)28)30-18(15)32/h4-6,14,30,33-34H,7H2,1-2H3. The zero-order valence-electron chi connectivity index (χ0n) is 17.8. The third-order valence-electron chi connectivity index (χ3n) is 5.75. The molecule has 1 aromatic carbocycles. The monoisotopic (exact) mass is 520 g/mol. The number of fused-ring (bicyclic) bond motifs is 3. The summed E-state index contributed by atoms with van der Waals surface area (Å²) in [5, 5.41) is 25.3. The van der Waals surface area contributed by atoms with Crippen LogP contribution in [0.1, 0.15) is 22.6 Å². The van der Waals surface area contributed by atoms with E-state index in [1.807, 2.05) is 0 Å². The van der Waals surface area contributed by atoms with Crippen LogP contribution in [0.4, 0.5) is 38.0 Å². The van der Waals surface area contributed by atoms with Gasteiger partial charge in [-0.15, -0.1) is 4.68 Å². The predicted molar refractivity (Wildman–Crippen MR) is 111 cm³/mol. The molecule has 2 atom stereocenters. The van der Waals surface area contributed by atoms with Gasteiger partial charge in [0.1, 0.15) is 29.1 Å². The van der Waals surface area contributed by atoms with E-state index in [1.54, 1.807) is 6.92 Å². The van der Waals surface area contributed by atoms with E-state index >= 15 is 0 Å². The van der Waals surface area contributed by atoms with Crippen LogP contribution in [0.2, 0.25) is 5.02 Å². The minimum absolute atomic E-state index is 0.144. The van der Waals surface area contributed by atoms with Crippen LogP contribution in [-0.2, 0) is 11.7 Å². The van der Waals surface area contributed by atoms with Crippen molar-refractivity contribution < 1.29 is 41.0 Å². The van der Waals surface area contributed by atoms with Gasteiger partial charge in [0.2, 0.25) is 0 Å². The smallest absolute Gasteiger partial charge is 0.418 e. The van der Waals surface area contributed by atoms with E-state index in [2.05, 4.69) is 15.3 Å². The highest BCUT2D eigenvalue weighted by Gasteiger charge is 2.64. The van der Waals surface area contributed by atoms with Crippen molar-refractivity contribution in [1.82, 2.24) is 9.78 Å². The van der Waals surface area contributed by atoms with E-state index in [9.17, 15) is 36.6 Å². The Hall–Kier alpha value is -3.21. The van der Waals surface area contributed by atoms with Gasteiger partial charge in [0.25, 0.3) is 0 Å². The number of aromatic nitrogens is 2. The van der Waals surface area contributed by atoms with Gasteiger partial charge in [0.15, 0.2) is 5.54 Å². The molecule has 186 valence electrons. The number of benzene rings is 1. The highest BCUT2D eigenvalue weighted by Crippen LogP contribution is 2.55. The van der Waals surface area contributed by atoms with E-state index in [0.717, 1.165) is 4.68 Å². The maximum atomic E-state index is 14.7.